The predicted molar refractivity (Wildman–Crippen MR) is 106 cm³/mol. The van der Waals surface area contributed by atoms with Crippen molar-refractivity contribution < 1.29 is 14.3 Å². The summed E-state index contributed by atoms with van der Waals surface area (Å²) < 4.78 is 12.7. The standard InChI is InChI=1S/C18H25N5O3S/c1-4-23-17(22-9-11-26-12-10-22)20-21-18(23)27-13(2)16(24)19-14-7-5-6-8-15(14)25-3/h5-8,13H,4,9-12H2,1-3H3,(H,19,24)/t13-/m1/s1. The summed E-state index contributed by atoms with van der Waals surface area (Å²) in [5, 5.41) is 12.0. The van der Waals surface area contributed by atoms with Crippen LogP contribution < -0.4 is 15.0 Å². The van der Waals surface area contributed by atoms with Crippen LogP contribution in [0.25, 0.3) is 0 Å². The maximum atomic E-state index is 12.6. The Balaban J connectivity index is 1.69. The molecular formula is C18H25N5O3S. The zero-order chi connectivity index (χ0) is 19.2. The molecule has 1 N–H and O–H groups in total. The molecule has 0 bridgehead atoms. The second kappa shape index (κ2) is 9.09. The van der Waals surface area contributed by atoms with E-state index in [-0.39, 0.29) is 11.2 Å². The average Bonchev–Trinajstić information content (AvgIpc) is 3.11. The van der Waals surface area contributed by atoms with Crippen LogP contribution in [0.4, 0.5) is 11.6 Å². The van der Waals surface area contributed by atoms with Crippen LogP contribution in [0.5, 0.6) is 5.75 Å². The number of carbonyl (C=O) groups is 1. The summed E-state index contributed by atoms with van der Waals surface area (Å²) in [4.78, 5) is 14.8. The van der Waals surface area contributed by atoms with Crippen molar-refractivity contribution >= 4 is 29.3 Å². The lowest BCUT2D eigenvalue weighted by Crippen LogP contribution is -2.38. The van der Waals surface area contributed by atoms with E-state index in [0.29, 0.717) is 24.7 Å². The normalized spacial score (nSPS) is 15.4. The van der Waals surface area contributed by atoms with E-state index in [0.717, 1.165) is 30.7 Å². The fourth-order valence-electron chi connectivity index (χ4n) is 2.84. The Morgan fingerprint density at radius 2 is 2.07 bits per heavy atom. The van der Waals surface area contributed by atoms with Gasteiger partial charge in [0.15, 0.2) is 5.16 Å². The highest BCUT2D eigenvalue weighted by Crippen LogP contribution is 2.28. The van der Waals surface area contributed by atoms with Gasteiger partial charge in [0.1, 0.15) is 5.75 Å². The van der Waals surface area contributed by atoms with E-state index in [1.165, 1.54) is 11.8 Å². The second-order valence-electron chi connectivity index (χ2n) is 6.08. The van der Waals surface area contributed by atoms with Crippen LogP contribution >= 0.6 is 11.8 Å². The summed E-state index contributed by atoms with van der Waals surface area (Å²) in [6, 6.07) is 7.36. The van der Waals surface area contributed by atoms with Gasteiger partial charge in [-0.3, -0.25) is 9.36 Å². The zero-order valence-electron chi connectivity index (χ0n) is 15.8. The number of nitrogens with zero attached hydrogens (tertiary/aromatic N) is 4. The highest BCUT2D eigenvalue weighted by molar-refractivity contribution is 8.00. The summed E-state index contributed by atoms with van der Waals surface area (Å²) in [6.45, 7) is 7.63. The van der Waals surface area contributed by atoms with Crippen LogP contribution in [-0.2, 0) is 16.1 Å². The number of thioether (sulfide) groups is 1. The number of hydrogen-bond acceptors (Lipinski definition) is 7. The first kappa shape index (κ1) is 19.5. The van der Waals surface area contributed by atoms with E-state index in [9.17, 15) is 4.79 Å². The molecule has 1 amide bonds. The number of hydrogen-bond donors (Lipinski definition) is 1. The van der Waals surface area contributed by atoms with E-state index in [1.54, 1.807) is 7.11 Å². The lowest BCUT2D eigenvalue weighted by molar-refractivity contribution is -0.115. The smallest absolute Gasteiger partial charge is 0.237 e. The Kier molecular flexibility index (Phi) is 6.57. The molecule has 1 aromatic heterocycles. The number of anilines is 2. The average molecular weight is 391 g/mol. The monoisotopic (exact) mass is 391 g/mol. The summed E-state index contributed by atoms with van der Waals surface area (Å²) >= 11 is 1.40. The van der Waals surface area contributed by atoms with Crippen LogP contribution in [0.2, 0.25) is 0 Å². The van der Waals surface area contributed by atoms with Crippen molar-refractivity contribution in [3.8, 4) is 5.75 Å². The minimum atomic E-state index is -0.332. The van der Waals surface area contributed by atoms with Gasteiger partial charge in [-0.05, 0) is 26.0 Å². The summed E-state index contributed by atoms with van der Waals surface area (Å²) in [5.41, 5.74) is 0.656. The number of ether oxygens (including phenoxy) is 2. The van der Waals surface area contributed by atoms with Crippen molar-refractivity contribution in [1.29, 1.82) is 0 Å². The minimum Gasteiger partial charge on any atom is -0.495 e. The molecule has 8 nitrogen and oxygen atoms in total. The van der Waals surface area contributed by atoms with Gasteiger partial charge in [-0.2, -0.15) is 0 Å². The van der Waals surface area contributed by atoms with E-state index < -0.39 is 0 Å². The molecule has 1 aliphatic heterocycles. The van der Waals surface area contributed by atoms with Crippen LogP contribution in [0, 0.1) is 0 Å². The van der Waals surface area contributed by atoms with Gasteiger partial charge >= 0.3 is 0 Å². The van der Waals surface area contributed by atoms with Gasteiger partial charge < -0.3 is 19.7 Å². The number of rotatable bonds is 7. The second-order valence-corrected chi connectivity index (χ2v) is 7.38. The number of nitrogens with one attached hydrogen (secondary N) is 1. The molecule has 0 aliphatic carbocycles. The predicted octanol–water partition coefficient (Wildman–Crippen LogP) is 2.26. The molecule has 1 fully saturated rings. The number of aromatic nitrogens is 3. The Labute approximate surface area is 163 Å². The summed E-state index contributed by atoms with van der Waals surface area (Å²) in [5.74, 6) is 1.36. The van der Waals surface area contributed by atoms with Crippen molar-refractivity contribution in [2.75, 3.05) is 43.6 Å². The van der Waals surface area contributed by atoms with E-state index in [2.05, 4.69) is 27.3 Å². The highest BCUT2D eigenvalue weighted by atomic mass is 32.2. The number of amides is 1. The van der Waals surface area contributed by atoms with E-state index in [4.69, 9.17) is 9.47 Å². The van der Waals surface area contributed by atoms with E-state index in [1.807, 2.05) is 35.8 Å². The molecule has 1 aliphatic rings. The van der Waals surface area contributed by atoms with Gasteiger partial charge in [-0.15, -0.1) is 10.2 Å². The third kappa shape index (κ3) is 4.54. The molecule has 0 saturated carbocycles. The van der Waals surface area contributed by atoms with Crippen molar-refractivity contribution in [2.45, 2.75) is 30.8 Å². The van der Waals surface area contributed by atoms with Gasteiger partial charge in [-0.1, -0.05) is 23.9 Å². The van der Waals surface area contributed by atoms with Crippen LogP contribution in [0.3, 0.4) is 0 Å². The van der Waals surface area contributed by atoms with Gasteiger partial charge in [0.25, 0.3) is 0 Å². The lowest BCUT2D eigenvalue weighted by atomic mass is 10.3. The Morgan fingerprint density at radius 1 is 1.33 bits per heavy atom. The fraction of sp³-hybridized carbons (Fsp3) is 0.500. The molecule has 0 unspecified atom stereocenters. The van der Waals surface area contributed by atoms with Gasteiger partial charge in [0.05, 0.1) is 31.3 Å². The van der Waals surface area contributed by atoms with Crippen molar-refractivity contribution in [2.24, 2.45) is 0 Å². The third-order valence-corrected chi connectivity index (χ3v) is 5.40. The minimum absolute atomic E-state index is 0.108. The topological polar surface area (TPSA) is 81.5 Å². The quantitative estimate of drug-likeness (QED) is 0.725. The molecule has 3 rings (SSSR count). The molecule has 1 atom stereocenters. The molecular weight excluding hydrogens is 366 g/mol. The molecule has 9 heteroatoms. The zero-order valence-corrected chi connectivity index (χ0v) is 16.7. The first-order valence-corrected chi connectivity index (χ1v) is 9.88. The number of methoxy groups -OCH3 is 1. The van der Waals surface area contributed by atoms with Crippen molar-refractivity contribution in [1.82, 2.24) is 14.8 Å². The SMILES string of the molecule is CCn1c(S[C@H](C)C(=O)Nc2ccccc2OC)nnc1N1CCOCC1. The first-order chi connectivity index (χ1) is 13.1. The summed E-state index contributed by atoms with van der Waals surface area (Å²) in [6.07, 6.45) is 0. The van der Waals surface area contributed by atoms with Crippen molar-refractivity contribution in [3.05, 3.63) is 24.3 Å². The molecule has 27 heavy (non-hydrogen) atoms. The molecule has 146 valence electrons. The van der Waals surface area contributed by atoms with Crippen LogP contribution in [0.1, 0.15) is 13.8 Å². The molecule has 2 heterocycles. The van der Waals surface area contributed by atoms with Gasteiger partial charge in [0, 0.05) is 19.6 Å². The van der Waals surface area contributed by atoms with Gasteiger partial charge in [-0.25, -0.2) is 0 Å². The van der Waals surface area contributed by atoms with Crippen LogP contribution in [-0.4, -0.2) is 59.3 Å². The largest absolute Gasteiger partial charge is 0.495 e. The fourth-order valence-corrected chi connectivity index (χ4v) is 3.74. The lowest BCUT2D eigenvalue weighted by Gasteiger charge is -2.27. The number of morpholine rings is 1. The highest BCUT2D eigenvalue weighted by Gasteiger charge is 2.23. The van der Waals surface area contributed by atoms with E-state index >= 15 is 0 Å². The number of para-hydroxylation sites is 2. The number of benzene rings is 1. The first-order valence-electron chi connectivity index (χ1n) is 9.00. The van der Waals surface area contributed by atoms with Gasteiger partial charge in [0.2, 0.25) is 11.9 Å². The third-order valence-electron chi connectivity index (χ3n) is 4.32. The molecule has 1 saturated heterocycles. The van der Waals surface area contributed by atoms with Crippen LogP contribution in [0.15, 0.2) is 29.4 Å². The maximum Gasteiger partial charge on any atom is 0.237 e. The Morgan fingerprint density at radius 3 is 2.78 bits per heavy atom. The molecule has 0 radical (unpaired) electrons. The summed E-state index contributed by atoms with van der Waals surface area (Å²) in [7, 11) is 1.58. The maximum absolute atomic E-state index is 12.6. The molecule has 2 aromatic rings. The molecule has 0 spiro atoms. The molecule has 1 aromatic carbocycles. The number of carbonyl (C=O) groups excluding carboxylic acids is 1. The Hall–Kier alpha value is -2.26. The van der Waals surface area contributed by atoms with Crippen molar-refractivity contribution in [3.63, 3.8) is 0 Å². The Bertz CT molecular complexity index is 776.